The first-order valence-electron chi connectivity index (χ1n) is 2.19. The molecule has 0 rings (SSSR count). The molecule has 3 nitrogen and oxygen atoms in total. The highest BCUT2D eigenvalue weighted by molar-refractivity contribution is 5.57. The van der Waals surface area contributed by atoms with Crippen molar-refractivity contribution in [2.24, 2.45) is 5.92 Å². The molecule has 0 radical (unpaired) electrons. The summed E-state index contributed by atoms with van der Waals surface area (Å²) in [5.74, 6) is -0.597. The molecule has 0 heterocycles. The molecule has 0 aromatic carbocycles. The Morgan fingerprint density at radius 1 is 2.00 bits per heavy atom. The summed E-state index contributed by atoms with van der Waals surface area (Å²) in [6.07, 6.45) is 0.573. The Labute approximate surface area is 47.9 Å². The Morgan fingerprint density at radius 2 is 2.62 bits per heavy atom. The summed E-state index contributed by atoms with van der Waals surface area (Å²) >= 11 is 0. The van der Waals surface area contributed by atoms with Crippen LogP contribution in [0.1, 0.15) is 0 Å². The zero-order valence-electron chi connectivity index (χ0n) is 4.63. The first-order chi connectivity index (χ1) is 3.85. The summed E-state index contributed by atoms with van der Waals surface area (Å²) in [6.45, 7) is 0.194. The van der Waals surface area contributed by atoms with Gasteiger partial charge in [-0.1, -0.05) is 0 Å². The lowest BCUT2D eigenvalue weighted by molar-refractivity contribution is -0.110. The van der Waals surface area contributed by atoms with E-state index in [1.54, 1.807) is 6.07 Å². The number of carbonyl (C=O) groups excluding carboxylic acids is 1. The van der Waals surface area contributed by atoms with E-state index in [0.29, 0.717) is 6.29 Å². The minimum Gasteiger partial charge on any atom is -0.383 e. The number of aldehydes is 1. The monoisotopic (exact) mass is 113 g/mol. The Morgan fingerprint density at radius 3 is 2.75 bits per heavy atom. The average molecular weight is 113 g/mol. The van der Waals surface area contributed by atoms with Crippen molar-refractivity contribution >= 4 is 6.29 Å². The Bertz CT molecular complexity index is 105. The van der Waals surface area contributed by atoms with E-state index in [1.807, 2.05) is 0 Å². The lowest BCUT2D eigenvalue weighted by Crippen LogP contribution is -2.05. The number of rotatable bonds is 3. The fourth-order valence-corrected chi connectivity index (χ4v) is 0.287. The quantitative estimate of drug-likeness (QED) is 0.483. The van der Waals surface area contributed by atoms with Crippen LogP contribution in [0.5, 0.6) is 0 Å². The molecule has 0 spiro atoms. The minimum absolute atomic E-state index is 0.194. The standard InChI is InChI=1S/C5H7NO2/c1-8-4-5(2-6)3-7/h3,5H,4H2,1H3. The normalized spacial score (nSPS) is 12.0. The van der Waals surface area contributed by atoms with Gasteiger partial charge in [0.2, 0.25) is 0 Å². The van der Waals surface area contributed by atoms with Crippen LogP contribution in [0.3, 0.4) is 0 Å². The van der Waals surface area contributed by atoms with E-state index in [4.69, 9.17) is 5.26 Å². The van der Waals surface area contributed by atoms with E-state index >= 15 is 0 Å². The molecule has 0 N–H and O–H groups in total. The maximum atomic E-state index is 9.82. The summed E-state index contributed by atoms with van der Waals surface area (Å²) < 4.78 is 4.53. The van der Waals surface area contributed by atoms with Crippen LogP contribution in [-0.4, -0.2) is 20.0 Å². The Balaban J connectivity index is 3.40. The van der Waals surface area contributed by atoms with Crippen LogP contribution in [0.15, 0.2) is 0 Å². The molecular weight excluding hydrogens is 106 g/mol. The lowest BCUT2D eigenvalue weighted by Gasteiger charge is -1.94. The molecule has 0 fully saturated rings. The van der Waals surface area contributed by atoms with Gasteiger partial charge in [-0.25, -0.2) is 0 Å². The maximum Gasteiger partial charge on any atom is 0.139 e. The van der Waals surface area contributed by atoms with Gasteiger partial charge in [0.05, 0.1) is 12.7 Å². The predicted octanol–water partition coefficient (Wildman–Crippen LogP) is -0.0285. The average Bonchev–Trinajstić information content (AvgIpc) is 1.83. The Hall–Kier alpha value is -0.880. The number of ether oxygens (including phenoxy) is 1. The summed E-state index contributed by atoms with van der Waals surface area (Å²) in [5.41, 5.74) is 0. The fourth-order valence-electron chi connectivity index (χ4n) is 0.287. The van der Waals surface area contributed by atoms with Gasteiger partial charge < -0.3 is 9.53 Å². The predicted molar refractivity (Wildman–Crippen MR) is 27.0 cm³/mol. The smallest absolute Gasteiger partial charge is 0.139 e. The summed E-state index contributed by atoms with van der Waals surface area (Å²) in [6, 6.07) is 1.76. The summed E-state index contributed by atoms with van der Waals surface area (Å²) in [4.78, 5) is 9.82. The van der Waals surface area contributed by atoms with Crippen LogP contribution in [0.4, 0.5) is 0 Å². The third kappa shape index (κ3) is 2.32. The van der Waals surface area contributed by atoms with Crippen molar-refractivity contribution in [3.63, 3.8) is 0 Å². The van der Waals surface area contributed by atoms with Crippen molar-refractivity contribution in [3.8, 4) is 6.07 Å². The molecule has 1 unspecified atom stereocenters. The van der Waals surface area contributed by atoms with Gasteiger partial charge in [0, 0.05) is 7.11 Å². The molecule has 0 aliphatic heterocycles. The van der Waals surface area contributed by atoms with Crippen LogP contribution < -0.4 is 0 Å². The molecule has 0 aromatic rings. The number of methoxy groups -OCH3 is 1. The fraction of sp³-hybridized carbons (Fsp3) is 0.600. The molecule has 3 heteroatoms. The lowest BCUT2D eigenvalue weighted by atomic mass is 10.2. The molecule has 1 atom stereocenters. The van der Waals surface area contributed by atoms with Crippen molar-refractivity contribution in [2.75, 3.05) is 13.7 Å². The van der Waals surface area contributed by atoms with Crippen LogP contribution in [0, 0.1) is 17.2 Å². The number of hydrogen-bond acceptors (Lipinski definition) is 3. The van der Waals surface area contributed by atoms with E-state index in [9.17, 15) is 4.79 Å². The topological polar surface area (TPSA) is 50.1 Å². The van der Waals surface area contributed by atoms with Crippen molar-refractivity contribution in [1.29, 1.82) is 5.26 Å². The highest BCUT2D eigenvalue weighted by Gasteiger charge is 2.01. The van der Waals surface area contributed by atoms with E-state index in [-0.39, 0.29) is 6.61 Å². The highest BCUT2D eigenvalue weighted by atomic mass is 16.5. The summed E-state index contributed by atoms with van der Waals surface area (Å²) in [5, 5.41) is 8.10. The van der Waals surface area contributed by atoms with Gasteiger partial charge in [-0.15, -0.1) is 0 Å². The molecule has 0 aromatic heterocycles. The first-order valence-corrected chi connectivity index (χ1v) is 2.19. The number of nitrogens with zero attached hydrogens (tertiary/aromatic N) is 1. The van der Waals surface area contributed by atoms with Crippen molar-refractivity contribution in [3.05, 3.63) is 0 Å². The van der Waals surface area contributed by atoms with Gasteiger partial charge in [0.15, 0.2) is 0 Å². The molecular formula is C5H7NO2. The van der Waals surface area contributed by atoms with E-state index < -0.39 is 5.92 Å². The van der Waals surface area contributed by atoms with Gasteiger partial charge in [0.25, 0.3) is 0 Å². The van der Waals surface area contributed by atoms with E-state index in [1.165, 1.54) is 7.11 Å². The van der Waals surface area contributed by atoms with Gasteiger partial charge in [-0.05, 0) is 0 Å². The molecule has 0 aliphatic rings. The van der Waals surface area contributed by atoms with Gasteiger partial charge >= 0.3 is 0 Å². The van der Waals surface area contributed by atoms with Crippen LogP contribution in [-0.2, 0) is 9.53 Å². The molecule has 44 valence electrons. The second-order valence-corrected chi connectivity index (χ2v) is 1.33. The van der Waals surface area contributed by atoms with Crippen LogP contribution in [0.2, 0.25) is 0 Å². The first kappa shape index (κ1) is 7.12. The van der Waals surface area contributed by atoms with E-state index in [2.05, 4.69) is 4.74 Å². The zero-order valence-corrected chi connectivity index (χ0v) is 4.63. The third-order valence-electron chi connectivity index (χ3n) is 0.676. The molecule has 0 bridgehead atoms. The largest absolute Gasteiger partial charge is 0.383 e. The van der Waals surface area contributed by atoms with Gasteiger partial charge in [0.1, 0.15) is 12.2 Å². The molecule has 0 saturated carbocycles. The van der Waals surface area contributed by atoms with Gasteiger partial charge in [-0.3, -0.25) is 0 Å². The second kappa shape index (κ2) is 4.28. The van der Waals surface area contributed by atoms with Crippen molar-refractivity contribution in [1.82, 2.24) is 0 Å². The van der Waals surface area contributed by atoms with Gasteiger partial charge in [-0.2, -0.15) is 5.26 Å². The number of nitriles is 1. The molecule has 8 heavy (non-hydrogen) atoms. The highest BCUT2D eigenvalue weighted by Crippen LogP contribution is 1.86. The SMILES string of the molecule is COCC(C#N)C=O. The van der Waals surface area contributed by atoms with Crippen LogP contribution in [0.25, 0.3) is 0 Å². The zero-order chi connectivity index (χ0) is 6.41. The maximum absolute atomic E-state index is 9.82. The minimum atomic E-state index is -0.597. The van der Waals surface area contributed by atoms with E-state index in [0.717, 1.165) is 0 Å². The molecule has 0 aliphatic carbocycles. The van der Waals surface area contributed by atoms with Crippen molar-refractivity contribution in [2.45, 2.75) is 0 Å². The number of carbonyl (C=O) groups is 1. The summed E-state index contributed by atoms with van der Waals surface area (Å²) in [7, 11) is 1.45. The molecule has 0 saturated heterocycles. The molecule has 0 amide bonds. The van der Waals surface area contributed by atoms with Crippen LogP contribution >= 0.6 is 0 Å². The second-order valence-electron chi connectivity index (χ2n) is 1.33. The van der Waals surface area contributed by atoms with Crippen molar-refractivity contribution < 1.29 is 9.53 Å². The third-order valence-corrected chi connectivity index (χ3v) is 0.676. The number of hydrogen-bond donors (Lipinski definition) is 0. The Kier molecular flexibility index (Phi) is 3.81.